The number of rotatable bonds is 9. The van der Waals surface area contributed by atoms with Crippen molar-refractivity contribution in [3.63, 3.8) is 0 Å². The summed E-state index contributed by atoms with van der Waals surface area (Å²) in [5, 5.41) is 2.83. The monoisotopic (exact) mass is 399 g/mol. The molecule has 1 aliphatic rings. The van der Waals surface area contributed by atoms with E-state index in [9.17, 15) is 17.6 Å². The quantitative estimate of drug-likeness (QED) is 0.623. The standard InChI is InChI=1S/C19H30FN3O3S/c1-15-12-16(2)14-23(13-15)11-3-9-21-19(24)8-10-22-27(25,26)18-6-4-17(20)5-7-18/h4-7,15-16,22H,3,8-14H2,1-2H3,(H,21,24). The molecule has 2 unspecified atom stereocenters. The van der Waals surface area contributed by atoms with Crippen molar-refractivity contribution >= 4 is 15.9 Å². The Morgan fingerprint density at radius 2 is 1.78 bits per heavy atom. The summed E-state index contributed by atoms with van der Waals surface area (Å²) in [7, 11) is -3.73. The van der Waals surface area contributed by atoms with Gasteiger partial charge in [-0.3, -0.25) is 4.79 Å². The average Bonchev–Trinajstić information content (AvgIpc) is 2.58. The van der Waals surface area contributed by atoms with Gasteiger partial charge in [0.15, 0.2) is 0 Å². The number of likely N-dealkylation sites (tertiary alicyclic amines) is 1. The predicted molar refractivity (Wildman–Crippen MR) is 103 cm³/mol. The summed E-state index contributed by atoms with van der Waals surface area (Å²) in [6, 6.07) is 4.57. The van der Waals surface area contributed by atoms with Gasteiger partial charge in [0.2, 0.25) is 15.9 Å². The summed E-state index contributed by atoms with van der Waals surface area (Å²) in [4.78, 5) is 14.3. The second kappa shape index (κ2) is 10.1. The van der Waals surface area contributed by atoms with Crippen LogP contribution in [-0.4, -0.2) is 51.9 Å². The van der Waals surface area contributed by atoms with Crippen molar-refractivity contribution in [3.8, 4) is 0 Å². The van der Waals surface area contributed by atoms with Crippen LogP contribution in [0.1, 0.15) is 33.1 Å². The lowest BCUT2D eigenvalue weighted by Crippen LogP contribution is -2.40. The van der Waals surface area contributed by atoms with E-state index in [1.54, 1.807) is 0 Å². The summed E-state index contributed by atoms with van der Waals surface area (Å²) in [6.07, 6.45) is 2.23. The number of nitrogens with zero attached hydrogens (tertiary/aromatic N) is 1. The van der Waals surface area contributed by atoms with E-state index in [4.69, 9.17) is 0 Å². The van der Waals surface area contributed by atoms with E-state index in [-0.39, 0.29) is 23.8 Å². The van der Waals surface area contributed by atoms with Gasteiger partial charge in [-0.15, -0.1) is 0 Å². The molecule has 1 aromatic rings. The number of benzene rings is 1. The lowest BCUT2D eigenvalue weighted by atomic mass is 9.92. The Labute approximate surface area is 161 Å². The molecule has 8 heteroatoms. The van der Waals surface area contributed by atoms with Crippen molar-refractivity contribution in [2.45, 2.75) is 38.0 Å². The molecule has 1 fully saturated rings. The Morgan fingerprint density at radius 1 is 1.15 bits per heavy atom. The SMILES string of the molecule is CC1CC(C)CN(CCCNC(=O)CCNS(=O)(=O)c2ccc(F)cc2)C1. The number of halogens is 1. The van der Waals surface area contributed by atoms with Gasteiger partial charge in [-0.25, -0.2) is 17.5 Å². The average molecular weight is 400 g/mol. The summed E-state index contributed by atoms with van der Waals surface area (Å²) in [5.41, 5.74) is 0. The highest BCUT2D eigenvalue weighted by Crippen LogP contribution is 2.20. The lowest BCUT2D eigenvalue weighted by molar-refractivity contribution is -0.120. The number of nitrogens with one attached hydrogen (secondary N) is 2. The first-order chi connectivity index (χ1) is 12.8. The molecule has 2 atom stereocenters. The van der Waals surface area contributed by atoms with Gasteiger partial charge in [0.1, 0.15) is 5.82 Å². The lowest BCUT2D eigenvalue weighted by Gasteiger charge is -2.34. The minimum Gasteiger partial charge on any atom is -0.356 e. The fourth-order valence-electron chi connectivity index (χ4n) is 3.59. The molecule has 0 aromatic heterocycles. The van der Waals surface area contributed by atoms with Crippen LogP contribution in [-0.2, 0) is 14.8 Å². The number of carbonyl (C=O) groups excluding carboxylic acids is 1. The maximum Gasteiger partial charge on any atom is 0.240 e. The molecular formula is C19H30FN3O3S. The molecule has 0 radical (unpaired) electrons. The van der Waals surface area contributed by atoms with Crippen LogP contribution in [0.5, 0.6) is 0 Å². The Balaban J connectivity index is 1.61. The highest BCUT2D eigenvalue weighted by molar-refractivity contribution is 7.89. The molecule has 2 rings (SSSR count). The number of sulfonamides is 1. The summed E-state index contributed by atoms with van der Waals surface area (Å²) in [6.45, 7) is 8.34. The van der Waals surface area contributed by atoms with Gasteiger partial charge in [0, 0.05) is 32.6 Å². The number of piperidine rings is 1. The molecule has 1 saturated heterocycles. The molecule has 1 heterocycles. The molecule has 0 saturated carbocycles. The van der Waals surface area contributed by atoms with Crippen LogP contribution in [0.4, 0.5) is 4.39 Å². The Bertz CT molecular complexity index is 699. The van der Waals surface area contributed by atoms with E-state index in [1.165, 1.54) is 18.6 Å². The Morgan fingerprint density at radius 3 is 2.41 bits per heavy atom. The van der Waals surface area contributed by atoms with E-state index in [0.717, 1.165) is 50.0 Å². The molecule has 1 aliphatic heterocycles. The van der Waals surface area contributed by atoms with Crippen LogP contribution < -0.4 is 10.0 Å². The summed E-state index contributed by atoms with van der Waals surface area (Å²) < 4.78 is 39.3. The molecule has 0 bridgehead atoms. The van der Waals surface area contributed by atoms with Gasteiger partial charge in [-0.05, 0) is 55.5 Å². The molecule has 6 nitrogen and oxygen atoms in total. The first kappa shape index (κ1) is 21.8. The highest BCUT2D eigenvalue weighted by atomic mass is 32.2. The zero-order chi connectivity index (χ0) is 19.9. The highest BCUT2D eigenvalue weighted by Gasteiger charge is 2.21. The normalized spacial score (nSPS) is 21.1. The van der Waals surface area contributed by atoms with Crippen LogP contribution in [0.25, 0.3) is 0 Å². The third-order valence-electron chi connectivity index (χ3n) is 4.69. The minimum atomic E-state index is -3.73. The van der Waals surface area contributed by atoms with Crippen LogP contribution >= 0.6 is 0 Å². The molecule has 27 heavy (non-hydrogen) atoms. The smallest absolute Gasteiger partial charge is 0.240 e. The molecule has 152 valence electrons. The second-order valence-corrected chi connectivity index (χ2v) is 9.28. The van der Waals surface area contributed by atoms with Crippen molar-refractivity contribution < 1.29 is 17.6 Å². The fourth-order valence-corrected chi connectivity index (χ4v) is 4.62. The third kappa shape index (κ3) is 7.56. The number of hydrogen-bond donors (Lipinski definition) is 2. The van der Waals surface area contributed by atoms with Gasteiger partial charge < -0.3 is 10.2 Å². The molecule has 0 spiro atoms. The maximum atomic E-state index is 12.9. The zero-order valence-electron chi connectivity index (χ0n) is 16.1. The number of amides is 1. The predicted octanol–water partition coefficient (Wildman–Crippen LogP) is 1.98. The van der Waals surface area contributed by atoms with Gasteiger partial charge in [0.05, 0.1) is 4.90 Å². The van der Waals surface area contributed by atoms with Gasteiger partial charge in [0.25, 0.3) is 0 Å². The van der Waals surface area contributed by atoms with Crippen molar-refractivity contribution in [3.05, 3.63) is 30.1 Å². The van der Waals surface area contributed by atoms with Gasteiger partial charge in [-0.2, -0.15) is 0 Å². The third-order valence-corrected chi connectivity index (χ3v) is 6.16. The van der Waals surface area contributed by atoms with Crippen molar-refractivity contribution in [1.82, 2.24) is 14.9 Å². The van der Waals surface area contributed by atoms with E-state index >= 15 is 0 Å². The molecule has 0 aliphatic carbocycles. The van der Waals surface area contributed by atoms with E-state index < -0.39 is 15.8 Å². The molecule has 1 aromatic carbocycles. The van der Waals surface area contributed by atoms with Gasteiger partial charge >= 0.3 is 0 Å². The zero-order valence-corrected chi connectivity index (χ0v) is 16.9. The van der Waals surface area contributed by atoms with Crippen LogP contribution in [0, 0.1) is 17.7 Å². The van der Waals surface area contributed by atoms with Crippen LogP contribution in [0.15, 0.2) is 29.2 Å². The summed E-state index contributed by atoms with van der Waals surface area (Å²) in [5.74, 6) is 0.758. The molecular weight excluding hydrogens is 369 g/mol. The fraction of sp³-hybridized carbons (Fsp3) is 0.632. The van der Waals surface area contributed by atoms with Crippen LogP contribution in [0.2, 0.25) is 0 Å². The summed E-state index contributed by atoms with van der Waals surface area (Å²) >= 11 is 0. The number of hydrogen-bond acceptors (Lipinski definition) is 4. The van der Waals surface area contributed by atoms with E-state index in [1.807, 2.05) is 0 Å². The topological polar surface area (TPSA) is 78.5 Å². The van der Waals surface area contributed by atoms with Gasteiger partial charge in [-0.1, -0.05) is 13.8 Å². The van der Waals surface area contributed by atoms with Crippen molar-refractivity contribution in [2.24, 2.45) is 11.8 Å². The number of carbonyl (C=O) groups is 1. The maximum absolute atomic E-state index is 12.9. The second-order valence-electron chi connectivity index (χ2n) is 7.51. The van der Waals surface area contributed by atoms with Crippen molar-refractivity contribution in [1.29, 1.82) is 0 Å². The Kier molecular flexibility index (Phi) is 8.19. The van der Waals surface area contributed by atoms with E-state index in [0.29, 0.717) is 6.54 Å². The molecule has 2 N–H and O–H groups in total. The van der Waals surface area contributed by atoms with E-state index in [2.05, 4.69) is 28.8 Å². The molecule has 1 amide bonds. The Hall–Kier alpha value is -1.51. The first-order valence-corrected chi connectivity index (χ1v) is 11.0. The van der Waals surface area contributed by atoms with Crippen molar-refractivity contribution in [2.75, 3.05) is 32.7 Å². The minimum absolute atomic E-state index is 0.00664. The largest absolute Gasteiger partial charge is 0.356 e. The first-order valence-electron chi connectivity index (χ1n) is 9.50. The van der Waals surface area contributed by atoms with Crippen LogP contribution in [0.3, 0.4) is 0 Å².